The minimum atomic E-state index is -0.479. The molecule has 0 fully saturated rings. The van der Waals surface area contributed by atoms with Gasteiger partial charge < -0.3 is 20.5 Å². The number of aromatic nitrogens is 2. The Bertz CT molecular complexity index is 1690. The Morgan fingerprint density at radius 1 is 0.972 bits per heavy atom. The lowest BCUT2D eigenvalue weighted by molar-refractivity contribution is -0.117. The van der Waals surface area contributed by atoms with Gasteiger partial charge in [-0.3, -0.25) is 9.59 Å². The molecule has 0 radical (unpaired) electrons. The molecule has 0 unspecified atom stereocenters. The van der Waals surface area contributed by atoms with E-state index in [1.54, 1.807) is 28.9 Å². The Balaban J connectivity index is 1.52. The monoisotopic (exact) mass is 498 g/mol. The van der Waals surface area contributed by atoms with E-state index in [0.29, 0.717) is 33.5 Å². The first-order chi connectivity index (χ1) is 17.5. The number of nitrogens with one attached hydrogen (secondary N) is 1. The number of anilines is 1. The molecule has 178 valence electrons. The van der Waals surface area contributed by atoms with Gasteiger partial charge in [-0.1, -0.05) is 41.9 Å². The number of nitrogens with two attached hydrogens (primary N) is 1. The molecule has 36 heavy (non-hydrogen) atoms. The van der Waals surface area contributed by atoms with Crippen molar-refractivity contribution in [2.45, 2.75) is 6.42 Å². The number of benzene rings is 4. The highest BCUT2D eigenvalue weighted by Gasteiger charge is 2.20. The van der Waals surface area contributed by atoms with E-state index in [4.69, 9.17) is 31.9 Å². The van der Waals surface area contributed by atoms with E-state index in [2.05, 4.69) is 5.32 Å². The first-order valence-electron chi connectivity index (χ1n) is 11.2. The number of hydrogen-bond donors (Lipinski definition) is 2. The molecule has 8 nitrogen and oxygen atoms in total. The van der Waals surface area contributed by atoms with Crippen LogP contribution in [0.4, 0.5) is 5.69 Å². The highest BCUT2D eigenvalue weighted by Crippen LogP contribution is 2.37. The summed E-state index contributed by atoms with van der Waals surface area (Å²) in [7, 11) is 0. The van der Waals surface area contributed by atoms with Crippen molar-refractivity contribution in [1.29, 1.82) is 0 Å². The molecule has 0 saturated heterocycles. The number of fused-ring (bicyclic) bond motifs is 4. The first-order valence-corrected chi connectivity index (χ1v) is 11.5. The summed E-state index contributed by atoms with van der Waals surface area (Å²) < 4.78 is 12.8. The number of hydrogen-bond acceptors (Lipinski definition) is 5. The average molecular weight is 499 g/mol. The van der Waals surface area contributed by atoms with Crippen LogP contribution in [-0.4, -0.2) is 28.4 Å². The summed E-state index contributed by atoms with van der Waals surface area (Å²) >= 11 is 6.20. The Hall–Kier alpha value is -4.56. The van der Waals surface area contributed by atoms with E-state index < -0.39 is 5.91 Å². The van der Waals surface area contributed by atoms with Gasteiger partial charge in [-0.05, 0) is 41.8 Å². The summed E-state index contributed by atoms with van der Waals surface area (Å²) in [6, 6.07) is 21.9. The van der Waals surface area contributed by atoms with E-state index >= 15 is 0 Å². The van der Waals surface area contributed by atoms with Crippen molar-refractivity contribution in [3.05, 3.63) is 89.1 Å². The molecular weight excluding hydrogens is 480 g/mol. The van der Waals surface area contributed by atoms with Crippen LogP contribution < -0.4 is 20.5 Å². The first kappa shape index (κ1) is 21.9. The molecule has 0 bridgehead atoms. The molecule has 5 aromatic rings. The van der Waals surface area contributed by atoms with Gasteiger partial charge in [-0.2, -0.15) is 5.10 Å². The molecule has 2 heterocycles. The van der Waals surface area contributed by atoms with Crippen molar-refractivity contribution in [1.82, 2.24) is 9.78 Å². The highest BCUT2D eigenvalue weighted by molar-refractivity contribution is 6.34. The van der Waals surface area contributed by atoms with Gasteiger partial charge in [0.05, 0.1) is 33.9 Å². The predicted octanol–water partition coefficient (Wildman–Crippen LogP) is 4.84. The maximum atomic E-state index is 12.9. The lowest BCUT2D eigenvalue weighted by Gasteiger charge is -2.10. The summed E-state index contributed by atoms with van der Waals surface area (Å²) in [6.45, 7) is 0.156. The number of amides is 2. The summed E-state index contributed by atoms with van der Waals surface area (Å²) in [4.78, 5) is 24.7. The molecule has 1 aromatic heterocycles. The third kappa shape index (κ3) is 3.77. The van der Waals surface area contributed by atoms with E-state index in [-0.39, 0.29) is 19.1 Å². The second-order valence-corrected chi connectivity index (χ2v) is 8.78. The third-order valence-electron chi connectivity index (χ3n) is 6.06. The van der Waals surface area contributed by atoms with Crippen LogP contribution in [0.15, 0.2) is 72.8 Å². The van der Waals surface area contributed by atoms with E-state index in [1.807, 2.05) is 48.5 Å². The third-order valence-corrected chi connectivity index (χ3v) is 6.38. The van der Waals surface area contributed by atoms with Gasteiger partial charge in [0.2, 0.25) is 12.7 Å². The van der Waals surface area contributed by atoms with Crippen LogP contribution in [0.25, 0.3) is 27.4 Å². The Labute approximate surface area is 210 Å². The van der Waals surface area contributed by atoms with Crippen LogP contribution >= 0.6 is 11.6 Å². The molecule has 9 heteroatoms. The summed E-state index contributed by atoms with van der Waals surface area (Å²) in [6.07, 6.45) is -0.0114. The number of nitrogens with zero attached hydrogens (tertiary/aromatic N) is 2. The molecule has 2 amide bonds. The van der Waals surface area contributed by atoms with Gasteiger partial charge in [-0.15, -0.1) is 0 Å². The zero-order chi connectivity index (χ0) is 24.8. The molecular formula is C27H19ClN4O4. The van der Waals surface area contributed by atoms with Crippen molar-refractivity contribution in [3.8, 4) is 17.2 Å². The molecule has 1 aliphatic heterocycles. The van der Waals surface area contributed by atoms with Gasteiger partial charge in [-0.25, -0.2) is 4.68 Å². The van der Waals surface area contributed by atoms with Crippen molar-refractivity contribution in [2.75, 3.05) is 12.1 Å². The Morgan fingerprint density at radius 2 is 1.78 bits per heavy atom. The van der Waals surface area contributed by atoms with Gasteiger partial charge in [0, 0.05) is 22.5 Å². The summed E-state index contributed by atoms with van der Waals surface area (Å²) in [5, 5.41) is 10.6. The minimum absolute atomic E-state index is 0.0114. The number of primary amides is 1. The zero-order valence-electron chi connectivity index (χ0n) is 18.8. The summed E-state index contributed by atoms with van der Waals surface area (Å²) in [5.74, 6) is 0.474. The quantitative estimate of drug-likeness (QED) is 0.360. The largest absolute Gasteiger partial charge is 0.454 e. The van der Waals surface area contributed by atoms with E-state index in [9.17, 15) is 9.59 Å². The van der Waals surface area contributed by atoms with Crippen LogP contribution in [0.3, 0.4) is 0 Å². The number of ether oxygens (including phenoxy) is 2. The van der Waals surface area contributed by atoms with Gasteiger partial charge in [0.15, 0.2) is 11.5 Å². The van der Waals surface area contributed by atoms with Crippen LogP contribution in [-0.2, 0) is 11.2 Å². The van der Waals surface area contributed by atoms with Crippen molar-refractivity contribution >= 4 is 50.8 Å². The van der Waals surface area contributed by atoms with E-state index in [0.717, 1.165) is 27.4 Å². The van der Waals surface area contributed by atoms with Gasteiger partial charge in [0.25, 0.3) is 5.91 Å². The molecule has 1 aliphatic rings. The fourth-order valence-electron chi connectivity index (χ4n) is 4.41. The lowest BCUT2D eigenvalue weighted by atomic mass is 10.0. The SMILES string of the molecule is NC(=O)Cc1nn(-c2ccc3c(c2)OCO3)c2c1ccc1ccc(NC(=O)c3ccccc3Cl)cc12. The number of carbonyl (C=O) groups excluding carboxylic acids is 2. The molecule has 6 rings (SSSR count). The van der Waals surface area contributed by atoms with Gasteiger partial charge >= 0.3 is 0 Å². The number of carbonyl (C=O) groups is 2. The topological polar surface area (TPSA) is 108 Å². The molecule has 0 aliphatic carbocycles. The second-order valence-electron chi connectivity index (χ2n) is 8.37. The maximum absolute atomic E-state index is 12.9. The number of halogens is 1. The van der Waals surface area contributed by atoms with Crippen molar-refractivity contribution < 1.29 is 19.1 Å². The smallest absolute Gasteiger partial charge is 0.257 e. The number of rotatable bonds is 5. The molecule has 0 atom stereocenters. The molecule has 0 saturated carbocycles. The maximum Gasteiger partial charge on any atom is 0.257 e. The average Bonchev–Trinajstić information content (AvgIpc) is 3.48. The fraction of sp³-hybridized carbons (Fsp3) is 0.0741. The van der Waals surface area contributed by atoms with Crippen LogP contribution in [0, 0.1) is 0 Å². The van der Waals surface area contributed by atoms with Crippen LogP contribution in [0.5, 0.6) is 11.5 Å². The predicted molar refractivity (Wildman–Crippen MR) is 137 cm³/mol. The van der Waals surface area contributed by atoms with E-state index in [1.165, 1.54) is 0 Å². The second kappa shape index (κ2) is 8.58. The van der Waals surface area contributed by atoms with Crippen molar-refractivity contribution in [3.63, 3.8) is 0 Å². The lowest BCUT2D eigenvalue weighted by Crippen LogP contribution is -2.14. The highest BCUT2D eigenvalue weighted by atomic mass is 35.5. The normalized spacial score (nSPS) is 12.2. The summed E-state index contributed by atoms with van der Waals surface area (Å²) in [5.41, 5.74) is 8.55. The zero-order valence-corrected chi connectivity index (χ0v) is 19.6. The Kier molecular flexibility index (Phi) is 5.23. The standard InChI is InChI=1S/C27H19ClN4O4/c28-21-4-2-1-3-18(21)27(34)30-16-7-5-15-6-9-19-22(13-25(29)33)31-32(26(19)20(15)11-16)17-8-10-23-24(12-17)36-14-35-23/h1-12H,13-14H2,(H2,29,33)(H,30,34). The van der Waals surface area contributed by atoms with Crippen LogP contribution in [0.1, 0.15) is 16.1 Å². The van der Waals surface area contributed by atoms with Gasteiger partial charge in [0.1, 0.15) is 0 Å². The molecule has 4 aromatic carbocycles. The fourth-order valence-corrected chi connectivity index (χ4v) is 4.63. The Morgan fingerprint density at radius 3 is 2.61 bits per heavy atom. The molecule has 0 spiro atoms. The van der Waals surface area contributed by atoms with Crippen molar-refractivity contribution in [2.24, 2.45) is 5.73 Å². The minimum Gasteiger partial charge on any atom is -0.454 e. The molecule has 3 N–H and O–H groups in total. The van der Waals surface area contributed by atoms with Crippen LogP contribution in [0.2, 0.25) is 5.02 Å².